The van der Waals surface area contributed by atoms with E-state index >= 15 is 0 Å². The monoisotopic (exact) mass is 573 g/mol. The SMILES string of the molecule is CCOc1ccc(N(CCCC(=O)N(Cc2cccc(OC)c2)[C@@H](C)C(=O)NC2CCCCC2)S(C)(=O)=O)cc1. The average molecular weight is 574 g/mol. The number of ether oxygens (including phenoxy) is 2. The van der Waals surface area contributed by atoms with Gasteiger partial charge in [-0.1, -0.05) is 31.4 Å². The Morgan fingerprint density at radius 2 is 1.75 bits per heavy atom. The third-order valence-corrected chi connectivity index (χ3v) is 8.39. The first-order chi connectivity index (χ1) is 19.1. The van der Waals surface area contributed by atoms with E-state index in [4.69, 9.17) is 9.47 Å². The van der Waals surface area contributed by atoms with Crippen LogP contribution in [-0.2, 0) is 26.2 Å². The number of nitrogens with one attached hydrogen (secondary N) is 1. The molecule has 10 heteroatoms. The molecule has 1 aliphatic carbocycles. The van der Waals surface area contributed by atoms with Gasteiger partial charge in [-0.2, -0.15) is 0 Å². The lowest BCUT2D eigenvalue weighted by molar-refractivity contribution is -0.141. The standard InChI is InChI=1S/C30H43N3O6S/c1-5-39-27-18-16-26(17-19-27)33(40(4,36)37)20-10-15-29(34)32(22-24-11-9-14-28(21-24)38-3)23(2)30(35)31-25-12-7-6-8-13-25/h9,11,14,16-19,21,23,25H,5-8,10,12-13,15,20,22H2,1-4H3,(H,31,35)/t23-/m0/s1. The fraction of sp³-hybridized carbons (Fsp3) is 0.533. The van der Waals surface area contributed by atoms with Gasteiger partial charge in [0, 0.05) is 25.6 Å². The van der Waals surface area contributed by atoms with Crippen LogP contribution in [0.25, 0.3) is 0 Å². The molecule has 0 radical (unpaired) electrons. The third-order valence-electron chi connectivity index (χ3n) is 7.19. The third kappa shape index (κ3) is 9.15. The van der Waals surface area contributed by atoms with E-state index in [2.05, 4.69) is 5.32 Å². The van der Waals surface area contributed by atoms with E-state index in [-0.39, 0.29) is 37.4 Å². The van der Waals surface area contributed by atoms with Gasteiger partial charge in [-0.3, -0.25) is 13.9 Å². The zero-order chi connectivity index (χ0) is 29.1. The summed E-state index contributed by atoms with van der Waals surface area (Å²) in [6.45, 7) is 4.52. The van der Waals surface area contributed by atoms with Crippen LogP contribution in [-0.4, -0.2) is 63.7 Å². The zero-order valence-corrected chi connectivity index (χ0v) is 24.9. The molecular formula is C30H43N3O6S. The lowest BCUT2D eigenvalue weighted by Crippen LogP contribution is -2.50. The molecule has 0 spiro atoms. The average Bonchev–Trinajstić information content (AvgIpc) is 2.94. The number of rotatable bonds is 14. The molecule has 9 nitrogen and oxygen atoms in total. The number of amides is 2. The number of nitrogens with zero attached hydrogens (tertiary/aromatic N) is 2. The Morgan fingerprint density at radius 1 is 1.05 bits per heavy atom. The number of methoxy groups -OCH3 is 1. The summed E-state index contributed by atoms with van der Waals surface area (Å²) in [6.07, 6.45) is 6.82. The molecule has 0 bridgehead atoms. The molecular weight excluding hydrogens is 530 g/mol. The van der Waals surface area contributed by atoms with Crippen molar-refractivity contribution in [2.45, 2.75) is 77.4 Å². The van der Waals surface area contributed by atoms with Gasteiger partial charge in [-0.05, 0) is 75.1 Å². The van der Waals surface area contributed by atoms with Gasteiger partial charge in [0.2, 0.25) is 21.8 Å². The van der Waals surface area contributed by atoms with E-state index in [0.29, 0.717) is 30.2 Å². The topological polar surface area (TPSA) is 105 Å². The molecule has 3 rings (SSSR count). The molecule has 40 heavy (non-hydrogen) atoms. The lowest BCUT2D eigenvalue weighted by Gasteiger charge is -2.31. The summed E-state index contributed by atoms with van der Waals surface area (Å²) in [5.74, 6) is 0.941. The second-order valence-electron chi connectivity index (χ2n) is 10.3. The van der Waals surface area contributed by atoms with Gasteiger partial charge in [0.05, 0.1) is 25.7 Å². The normalized spacial score (nSPS) is 14.7. The van der Waals surface area contributed by atoms with Crippen molar-refractivity contribution in [3.05, 3.63) is 54.1 Å². The maximum Gasteiger partial charge on any atom is 0.242 e. The van der Waals surface area contributed by atoms with Crippen LogP contribution >= 0.6 is 0 Å². The highest BCUT2D eigenvalue weighted by atomic mass is 32.2. The smallest absolute Gasteiger partial charge is 0.242 e. The van der Waals surface area contributed by atoms with Crippen LogP contribution in [0.3, 0.4) is 0 Å². The molecule has 1 N–H and O–H groups in total. The van der Waals surface area contributed by atoms with Crippen LogP contribution < -0.4 is 19.1 Å². The maximum absolute atomic E-state index is 13.6. The molecule has 0 heterocycles. The van der Waals surface area contributed by atoms with Crippen molar-refractivity contribution in [3.63, 3.8) is 0 Å². The van der Waals surface area contributed by atoms with E-state index in [1.54, 1.807) is 43.2 Å². The summed E-state index contributed by atoms with van der Waals surface area (Å²) in [5.41, 5.74) is 1.35. The van der Waals surface area contributed by atoms with E-state index in [1.165, 1.54) is 10.7 Å². The van der Waals surface area contributed by atoms with E-state index < -0.39 is 16.1 Å². The predicted octanol–water partition coefficient (Wildman–Crippen LogP) is 4.51. The van der Waals surface area contributed by atoms with Gasteiger partial charge in [0.15, 0.2) is 0 Å². The number of carbonyl (C=O) groups excluding carboxylic acids is 2. The number of hydrogen-bond donors (Lipinski definition) is 1. The Hall–Kier alpha value is -3.27. The number of sulfonamides is 1. The first kappa shape index (κ1) is 31.3. The molecule has 0 aromatic heterocycles. The van der Waals surface area contributed by atoms with Crippen molar-refractivity contribution < 1.29 is 27.5 Å². The van der Waals surface area contributed by atoms with Crippen LogP contribution in [0.15, 0.2) is 48.5 Å². The summed E-state index contributed by atoms with van der Waals surface area (Å²) in [5, 5.41) is 3.14. The Balaban J connectivity index is 1.72. The summed E-state index contributed by atoms with van der Waals surface area (Å²) < 4.78 is 37.2. The van der Waals surface area contributed by atoms with Crippen LogP contribution in [0.1, 0.15) is 64.4 Å². The first-order valence-electron chi connectivity index (χ1n) is 14.1. The van der Waals surface area contributed by atoms with Crippen LogP contribution in [0.4, 0.5) is 5.69 Å². The van der Waals surface area contributed by atoms with E-state index in [1.807, 2.05) is 31.2 Å². The molecule has 220 valence electrons. The van der Waals surface area contributed by atoms with Gasteiger partial charge in [0.25, 0.3) is 0 Å². The number of carbonyl (C=O) groups is 2. The molecule has 2 amide bonds. The highest BCUT2D eigenvalue weighted by Gasteiger charge is 2.28. The molecule has 1 aliphatic rings. The molecule has 1 atom stereocenters. The number of benzene rings is 2. The molecule has 0 aliphatic heterocycles. The fourth-order valence-corrected chi connectivity index (χ4v) is 5.96. The minimum absolute atomic E-state index is 0.0913. The minimum Gasteiger partial charge on any atom is -0.497 e. The van der Waals surface area contributed by atoms with Gasteiger partial charge in [0.1, 0.15) is 17.5 Å². The van der Waals surface area contributed by atoms with Crippen LogP contribution in [0, 0.1) is 0 Å². The highest BCUT2D eigenvalue weighted by molar-refractivity contribution is 7.92. The van der Waals surface area contributed by atoms with Gasteiger partial charge < -0.3 is 19.7 Å². The molecule has 2 aromatic rings. The molecule has 2 aromatic carbocycles. The summed E-state index contributed by atoms with van der Waals surface area (Å²) in [4.78, 5) is 28.3. The van der Waals surface area contributed by atoms with Crippen molar-refractivity contribution in [2.75, 3.05) is 30.8 Å². The summed E-state index contributed by atoms with van der Waals surface area (Å²) >= 11 is 0. The minimum atomic E-state index is -3.57. The van der Waals surface area contributed by atoms with Crippen molar-refractivity contribution >= 4 is 27.5 Å². The van der Waals surface area contributed by atoms with E-state index in [0.717, 1.165) is 37.5 Å². The fourth-order valence-electron chi connectivity index (χ4n) is 5.00. The van der Waals surface area contributed by atoms with Crippen molar-refractivity contribution in [2.24, 2.45) is 0 Å². The van der Waals surface area contributed by atoms with Crippen molar-refractivity contribution in [3.8, 4) is 11.5 Å². The Bertz CT molecular complexity index is 1210. The molecule has 0 unspecified atom stereocenters. The largest absolute Gasteiger partial charge is 0.497 e. The van der Waals surface area contributed by atoms with Crippen molar-refractivity contribution in [1.29, 1.82) is 0 Å². The Kier molecular flexibility index (Phi) is 11.7. The first-order valence-corrected chi connectivity index (χ1v) is 15.9. The Morgan fingerprint density at radius 3 is 2.38 bits per heavy atom. The van der Waals surface area contributed by atoms with Crippen LogP contribution in [0.2, 0.25) is 0 Å². The van der Waals surface area contributed by atoms with Gasteiger partial charge >= 0.3 is 0 Å². The van der Waals surface area contributed by atoms with E-state index in [9.17, 15) is 18.0 Å². The predicted molar refractivity (Wildman–Crippen MR) is 157 cm³/mol. The van der Waals surface area contributed by atoms with Crippen LogP contribution in [0.5, 0.6) is 11.5 Å². The van der Waals surface area contributed by atoms with Gasteiger partial charge in [-0.15, -0.1) is 0 Å². The maximum atomic E-state index is 13.6. The number of hydrogen-bond acceptors (Lipinski definition) is 6. The Labute approximate surface area is 238 Å². The molecule has 0 saturated heterocycles. The summed E-state index contributed by atoms with van der Waals surface area (Å²) in [6, 6.07) is 13.7. The second kappa shape index (κ2) is 14.9. The van der Waals surface area contributed by atoms with Gasteiger partial charge in [-0.25, -0.2) is 8.42 Å². The quantitative estimate of drug-likeness (QED) is 0.357. The summed E-state index contributed by atoms with van der Waals surface area (Å²) in [7, 11) is -1.99. The lowest BCUT2D eigenvalue weighted by atomic mass is 9.95. The van der Waals surface area contributed by atoms with Crippen molar-refractivity contribution in [1.82, 2.24) is 10.2 Å². The highest BCUT2D eigenvalue weighted by Crippen LogP contribution is 2.23. The second-order valence-corrected chi connectivity index (χ2v) is 12.2. The zero-order valence-electron chi connectivity index (χ0n) is 24.1. The molecule has 1 fully saturated rings. The number of anilines is 1. The molecule has 1 saturated carbocycles.